The fourth-order valence-electron chi connectivity index (χ4n) is 3.99. The molecule has 2 unspecified atom stereocenters. The van der Waals surface area contributed by atoms with Crippen molar-refractivity contribution in [1.29, 1.82) is 0 Å². The number of hydrogen-bond acceptors (Lipinski definition) is 9. The number of aromatic nitrogens is 3. The highest BCUT2D eigenvalue weighted by Gasteiger charge is 2.38. The molecule has 2 amide bonds. The number of methoxy groups -OCH3 is 1. The molecular formula is C27H25N7O4S. The van der Waals surface area contributed by atoms with Gasteiger partial charge < -0.3 is 25.3 Å². The first-order valence-electron chi connectivity index (χ1n) is 12.0. The molecule has 0 radical (unpaired) electrons. The second kappa shape index (κ2) is 11.8. The van der Waals surface area contributed by atoms with E-state index in [2.05, 4.69) is 36.2 Å². The van der Waals surface area contributed by atoms with Gasteiger partial charge in [-0.05, 0) is 23.8 Å². The third-order valence-electron chi connectivity index (χ3n) is 5.87. The Bertz CT molecular complexity index is 1490. The predicted octanol–water partition coefficient (Wildman–Crippen LogP) is 2.59. The van der Waals surface area contributed by atoms with Gasteiger partial charge in [0.15, 0.2) is 5.88 Å². The fourth-order valence-corrected chi connectivity index (χ4v) is 5.88. The third kappa shape index (κ3) is 6.25. The zero-order valence-electron chi connectivity index (χ0n) is 20.9. The minimum Gasteiger partial charge on any atom is -0.548 e. The molecule has 1 fully saturated rings. The van der Waals surface area contributed by atoms with Gasteiger partial charge in [-0.25, -0.2) is 4.79 Å². The van der Waals surface area contributed by atoms with E-state index in [0.717, 1.165) is 16.8 Å². The van der Waals surface area contributed by atoms with Gasteiger partial charge in [-0.3, -0.25) is 10.6 Å². The van der Waals surface area contributed by atoms with Crippen LogP contribution in [0.25, 0.3) is 11.1 Å². The topological polar surface area (TPSA) is 153 Å². The number of benzene rings is 3. The molecule has 39 heavy (non-hydrogen) atoms. The number of rotatable bonds is 8. The molecule has 2 atom stereocenters. The van der Waals surface area contributed by atoms with Crippen molar-refractivity contribution >= 4 is 46.2 Å². The summed E-state index contributed by atoms with van der Waals surface area (Å²) in [5, 5.41) is 23.3. The van der Waals surface area contributed by atoms with Crippen molar-refractivity contribution in [2.24, 2.45) is 0 Å². The van der Waals surface area contributed by atoms with Gasteiger partial charge in [0, 0.05) is 11.3 Å². The van der Waals surface area contributed by atoms with Gasteiger partial charge >= 0.3 is 11.2 Å². The third-order valence-corrected chi connectivity index (χ3v) is 7.82. The zero-order chi connectivity index (χ0) is 27.2. The van der Waals surface area contributed by atoms with Crippen molar-refractivity contribution < 1.29 is 19.4 Å². The lowest BCUT2D eigenvalue weighted by atomic mass is 10.0. The molecule has 0 aliphatic carbocycles. The number of aliphatic carboxylic acids is 1. The van der Waals surface area contributed by atoms with E-state index < -0.39 is 28.9 Å². The van der Waals surface area contributed by atoms with Crippen molar-refractivity contribution in [2.75, 3.05) is 34.7 Å². The molecule has 198 valence electrons. The number of hydrogen-bond donors (Lipinski definition) is 4. The van der Waals surface area contributed by atoms with Crippen LogP contribution >= 0.6 is 0 Å². The van der Waals surface area contributed by atoms with Crippen LogP contribution in [0.15, 0.2) is 84.0 Å². The second-order valence-electron chi connectivity index (χ2n) is 8.46. The zero-order valence-corrected chi connectivity index (χ0v) is 21.7. The molecule has 4 aromatic rings. The first-order chi connectivity index (χ1) is 19.0. The number of amides is 2. The average Bonchev–Trinajstić information content (AvgIpc) is 3.45. The van der Waals surface area contributed by atoms with Crippen molar-refractivity contribution in [1.82, 2.24) is 20.3 Å². The Morgan fingerprint density at radius 2 is 1.59 bits per heavy atom. The highest BCUT2D eigenvalue weighted by Crippen LogP contribution is 2.30. The normalized spacial score (nSPS) is 16.3. The van der Waals surface area contributed by atoms with Crippen molar-refractivity contribution in [3.8, 4) is 16.9 Å². The maximum atomic E-state index is 12.8. The van der Waals surface area contributed by atoms with Crippen LogP contribution < -0.4 is 31.1 Å². The Morgan fingerprint density at radius 1 is 0.897 bits per heavy atom. The van der Waals surface area contributed by atoms with E-state index in [0.29, 0.717) is 22.5 Å². The van der Waals surface area contributed by atoms with Gasteiger partial charge in [-0.2, -0.15) is 4.98 Å². The molecule has 1 aliphatic heterocycles. The first-order valence-corrected chi connectivity index (χ1v) is 13.6. The van der Waals surface area contributed by atoms with Crippen molar-refractivity contribution in [3.63, 3.8) is 0 Å². The molecule has 1 saturated heterocycles. The molecule has 2 heterocycles. The largest absolute Gasteiger partial charge is 0.548 e. The summed E-state index contributed by atoms with van der Waals surface area (Å²) >= 11 is 0. The second-order valence-corrected chi connectivity index (χ2v) is 10.4. The van der Waals surface area contributed by atoms with Gasteiger partial charge in [-0.15, -0.1) is 9.97 Å². The lowest BCUT2D eigenvalue weighted by Gasteiger charge is -2.13. The molecule has 5 rings (SSSR count). The van der Waals surface area contributed by atoms with E-state index in [9.17, 15) is 14.7 Å². The van der Waals surface area contributed by atoms with E-state index in [1.54, 1.807) is 24.3 Å². The summed E-state index contributed by atoms with van der Waals surface area (Å²) in [5.41, 5.74) is 3.17. The quantitative estimate of drug-likeness (QED) is 0.246. The minimum absolute atomic E-state index is 0.0106. The van der Waals surface area contributed by atoms with Crippen LogP contribution in [-0.2, 0) is 15.7 Å². The molecule has 1 aromatic heterocycles. The Labute approximate surface area is 227 Å². The molecule has 1 aliphatic rings. The van der Waals surface area contributed by atoms with E-state index in [1.807, 2.05) is 54.6 Å². The van der Waals surface area contributed by atoms with Crippen LogP contribution in [0, 0.1) is 0 Å². The van der Waals surface area contributed by atoms with Crippen LogP contribution in [0.4, 0.5) is 28.1 Å². The molecule has 12 heteroatoms. The van der Waals surface area contributed by atoms with Gasteiger partial charge in [0.2, 0.25) is 11.9 Å². The summed E-state index contributed by atoms with van der Waals surface area (Å²) < 4.78 is 5.29. The van der Waals surface area contributed by atoms with Gasteiger partial charge in [-0.1, -0.05) is 60.7 Å². The van der Waals surface area contributed by atoms with Crippen LogP contribution in [0.3, 0.4) is 0 Å². The van der Waals surface area contributed by atoms with E-state index >= 15 is 0 Å². The number of carbonyl (C=O) groups excluding carboxylic acids is 2. The number of anilines is 4. The molecular weight excluding hydrogens is 518 g/mol. The van der Waals surface area contributed by atoms with Crippen LogP contribution in [0.1, 0.15) is 0 Å². The summed E-state index contributed by atoms with van der Waals surface area (Å²) in [5.74, 6) is 0.186. The molecule has 4 N–H and O–H groups in total. The molecule has 0 saturated carbocycles. The highest BCUT2D eigenvalue weighted by atomic mass is 32.2. The van der Waals surface area contributed by atoms with Crippen LogP contribution in [-0.4, -0.2) is 51.7 Å². The molecule has 3 aromatic carbocycles. The predicted molar refractivity (Wildman–Crippen MR) is 148 cm³/mol. The number of carbonyl (C=O) groups is 2. The van der Waals surface area contributed by atoms with E-state index in [-0.39, 0.29) is 17.6 Å². The molecule has 0 spiro atoms. The van der Waals surface area contributed by atoms with Gasteiger partial charge in [0.1, 0.15) is 11.5 Å². The van der Waals surface area contributed by atoms with E-state index in [4.69, 9.17) is 4.74 Å². The maximum absolute atomic E-state index is 12.8. The number of ether oxygens (including phenoxy) is 1. The Hall–Kier alpha value is -4.68. The lowest BCUT2D eigenvalue weighted by molar-refractivity contribution is -0.307. The number of carboxylic acid groups (broad SMARTS) is 1. The summed E-state index contributed by atoms with van der Waals surface area (Å²) in [6.45, 7) is 0. The number of para-hydroxylation sites is 3. The SMILES string of the molecule is COc1ccccc1NC(=O)Nc1nc(Nc2ccccc2-c2ccccc2)nc([S+]2CNC(C(=O)[O-])C2)n1. The van der Waals surface area contributed by atoms with Crippen LogP contribution in [0.5, 0.6) is 5.75 Å². The number of urea groups is 1. The van der Waals surface area contributed by atoms with E-state index in [1.165, 1.54) is 7.11 Å². The average molecular weight is 544 g/mol. The van der Waals surface area contributed by atoms with Gasteiger partial charge in [0.25, 0.3) is 0 Å². The smallest absolute Gasteiger partial charge is 0.352 e. The standard InChI is InChI=1S/C27H25N7O4S/c1-38-22-14-8-7-13-20(22)30-26(37)32-25-31-24(33-27(34-25)39-15-21(23(35)36)28-16-39)29-19-12-6-5-11-18(19)17-9-3-2-4-10-17/h2-14,21,28H,15-16H2,1H3,(H3-,29,30,31,32,33,34,35,36,37). The lowest BCUT2D eigenvalue weighted by Crippen LogP contribution is -2.43. The fraction of sp³-hybridized carbons (Fsp3) is 0.148. The highest BCUT2D eigenvalue weighted by molar-refractivity contribution is 7.97. The number of carboxylic acids is 1. The Morgan fingerprint density at radius 3 is 2.33 bits per heavy atom. The number of nitrogens with zero attached hydrogens (tertiary/aromatic N) is 3. The molecule has 0 bridgehead atoms. The van der Waals surface area contributed by atoms with Crippen molar-refractivity contribution in [3.05, 3.63) is 78.9 Å². The molecule has 11 nitrogen and oxygen atoms in total. The van der Waals surface area contributed by atoms with Crippen molar-refractivity contribution in [2.45, 2.75) is 11.2 Å². The summed E-state index contributed by atoms with van der Waals surface area (Å²) in [4.78, 5) is 37.7. The van der Waals surface area contributed by atoms with Gasteiger partial charge in [0.05, 0.1) is 35.7 Å². The summed E-state index contributed by atoms with van der Waals surface area (Å²) in [6, 6.07) is 23.2. The monoisotopic (exact) mass is 543 g/mol. The summed E-state index contributed by atoms with van der Waals surface area (Å²) in [6.07, 6.45) is 0. The summed E-state index contributed by atoms with van der Waals surface area (Å²) in [7, 11) is 0.867. The minimum atomic E-state index is -1.18. The Kier molecular flexibility index (Phi) is 7.85. The number of nitrogens with one attached hydrogen (secondary N) is 4. The Balaban J connectivity index is 1.45. The first kappa shape index (κ1) is 25.9. The van der Waals surface area contributed by atoms with Crippen LogP contribution in [0.2, 0.25) is 0 Å². The maximum Gasteiger partial charge on any atom is 0.352 e.